The van der Waals surface area contributed by atoms with Crippen LogP contribution in [0.3, 0.4) is 0 Å². The third-order valence-corrected chi connectivity index (χ3v) is 7.81. The fourth-order valence-electron chi connectivity index (χ4n) is 5.95. The summed E-state index contributed by atoms with van der Waals surface area (Å²) in [5.41, 5.74) is 7.41. The number of carbonyl (C=O) groups is 1. The fourth-order valence-corrected chi connectivity index (χ4v) is 5.95. The number of benzene rings is 6. The van der Waals surface area contributed by atoms with Crippen LogP contribution in [0.5, 0.6) is 0 Å². The van der Waals surface area contributed by atoms with Gasteiger partial charge in [0.25, 0.3) is 0 Å². The number of ether oxygens (including phenoxy) is 1. The van der Waals surface area contributed by atoms with E-state index in [2.05, 4.69) is 104 Å². The summed E-state index contributed by atoms with van der Waals surface area (Å²) in [5.74, 6) is -0.142. The highest BCUT2D eigenvalue weighted by Crippen LogP contribution is 2.36. The lowest BCUT2D eigenvalue weighted by Crippen LogP contribution is -2.13. The summed E-state index contributed by atoms with van der Waals surface area (Å²) in [6, 6.07) is 34.7. The second-order valence-corrected chi connectivity index (χ2v) is 11.0. The van der Waals surface area contributed by atoms with Crippen LogP contribution in [0.25, 0.3) is 32.3 Å². The number of carbonyl (C=O) groups excluding carboxylic acids is 1. The standard InChI is InChI=1S/C37H35NO2/c1-25-19-26(2)21-29(20-25)23-38-22-27-9-11-28(12-10-27)24-40-35(39)8-4-5-30-13-14-33-16-15-31-6-3-7-32-17-18-34(30)37(33)36(31)32/h3,6-7,9-21,38H,4-5,8,22-24H2,1-2H3. The molecule has 0 aliphatic rings. The van der Waals surface area contributed by atoms with Crippen molar-refractivity contribution < 1.29 is 9.53 Å². The molecule has 0 unspecified atom stereocenters. The molecule has 200 valence electrons. The smallest absolute Gasteiger partial charge is 0.306 e. The Morgan fingerprint density at radius 3 is 2.05 bits per heavy atom. The van der Waals surface area contributed by atoms with Crippen LogP contribution < -0.4 is 5.32 Å². The Balaban J connectivity index is 0.988. The summed E-state index contributed by atoms with van der Waals surface area (Å²) in [6.45, 7) is 6.23. The molecule has 3 heteroatoms. The zero-order valence-electron chi connectivity index (χ0n) is 23.3. The number of hydrogen-bond acceptors (Lipinski definition) is 3. The largest absolute Gasteiger partial charge is 0.461 e. The minimum absolute atomic E-state index is 0.142. The summed E-state index contributed by atoms with van der Waals surface area (Å²) in [7, 11) is 0. The van der Waals surface area contributed by atoms with Gasteiger partial charge < -0.3 is 10.1 Å². The summed E-state index contributed by atoms with van der Waals surface area (Å²) in [6.07, 6.45) is 2.05. The first-order valence-electron chi connectivity index (χ1n) is 14.2. The van der Waals surface area contributed by atoms with Gasteiger partial charge in [-0.3, -0.25) is 4.79 Å². The van der Waals surface area contributed by atoms with Gasteiger partial charge in [0.15, 0.2) is 0 Å². The first-order valence-corrected chi connectivity index (χ1v) is 14.2. The third kappa shape index (κ3) is 5.71. The van der Waals surface area contributed by atoms with Crippen molar-refractivity contribution in [3.63, 3.8) is 0 Å². The van der Waals surface area contributed by atoms with Gasteiger partial charge >= 0.3 is 5.97 Å². The first kappa shape index (κ1) is 26.0. The van der Waals surface area contributed by atoms with Crippen LogP contribution in [0.4, 0.5) is 0 Å². The normalized spacial score (nSPS) is 11.6. The average molecular weight is 526 g/mol. The van der Waals surface area contributed by atoms with Crippen molar-refractivity contribution in [1.82, 2.24) is 5.32 Å². The highest BCUT2D eigenvalue weighted by Gasteiger charge is 2.11. The number of esters is 1. The zero-order chi connectivity index (χ0) is 27.5. The van der Waals surface area contributed by atoms with Crippen molar-refractivity contribution in [1.29, 1.82) is 0 Å². The Hall–Kier alpha value is -4.21. The summed E-state index contributed by atoms with van der Waals surface area (Å²) >= 11 is 0. The molecular formula is C37H35NO2. The van der Waals surface area contributed by atoms with E-state index >= 15 is 0 Å². The van der Waals surface area contributed by atoms with Crippen molar-refractivity contribution in [3.8, 4) is 0 Å². The molecule has 6 aromatic carbocycles. The molecule has 6 rings (SSSR count). The van der Waals surface area contributed by atoms with E-state index < -0.39 is 0 Å². The van der Waals surface area contributed by atoms with Gasteiger partial charge in [0.1, 0.15) is 6.61 Å². The van der Waals surface area contributed by atoms with Gasteiger partial charge in [-0.1, -0.05) is 108 Å². The van der Waals surface area contributed by atoms with E-state index in [-0.39, 0.29) is 5.97 Å². The van der Waals surface area contributed by atoms with Crippen LogP contribution in [-0.2, 0) is 35.6 Å². The van der Waals surface area contributed by atoms with Gasteiger partial charge in [0, 0.05) is 19.5 Å². The van der Waals surface area contributed by atoms with Gasteiger partial charge in [0.05, 0.1) is 0 Å². The average Bonchev–Trinajstić information content (AvgIpc) is 2.95. The monoisotopic (exact) mass is 525 g/mol. The Morgan fingerprint density at radius 2 is 1.30 bits per heavy atom. The zero-order valence-corrected chi connectivity index (χ0v) is 23.3. The molecule has 0 amide bonds. The van der Waals surface area contributed by atoms with E-state index in [9.17, 15) is 4.79 Å². The lowest BCUT2D eigenvalue weighted by Gasteiger charge is -2.14. The predicted octanol–water partition coefficient (Wildman–Crippen LogP) is 8.56. The number of hydrogen-bond donors (Lipinski definition) is 1. The molecule has 0 fully saturated rings. The lowest BCUT2D eigenvalue weighted by atomic mass is 9.90. The minimum Gasteiger partial charge on any atom is -0.461 e. The summed E-state index contributed by atoms with van der Waals surface area (Å²) in [4.78, 5) is 12.5. The molecule has 0 saturated heterocycles. The van der Waals surface area contributed by atoms with Crippen LogP contribution in [0.1, 0.15) is 46.2 Å². The molecule has 0 heterocycles. The van der Waals surface area contributed by atoms with Crippen molar-refractivity contribution in [2.75, 3.05) is 0 Å². The minimum atomic E-state index is -0.142. The number of aryl methyl sites for hydroxylation is 3. The van der Waals surface area contributed by atoms with E-state index in [1.54, 1.807) is 0 Å². The van der Waals surface area contributed by atoms with Crippen LogP contribution in [0.2, 0.25) is 0 Å². The van der Waals surface area contributed by atoms with E-state index in [1.807, 2.05) is 12.1 Å². The summed E-state index contributed by atoms with van der Waals surface area (Å²) in [5, 5.41) is 11.3. The van der Waals surface area contributed by atoms with Gasteiger partial charge in [-0.2, -0.15) is 0 Å². The highest BCUT2D eigenvalue weighted by atomic mass is 16.5. The lowest BCUT2D eigenvalue weighted by molar-refractivity contribution is -0.145. The van der Waals surface area contributed by atoms with Crippen molar-refractivity contribution in [2.45, 2.75) is 52.8 Å². The molecule has 0 saturated carbocycles. The number of rotatable bonds is 10. The van der Waals surface area contributed by atoms with Crippen LogP contribution >= 0.6 is 0 Å². The van der Waals surface area contributed by atoms with Crippen molar-refractivity contribution >= 4 is 38.3 Å². The highest BCUT2D eigenvalue weighted by molar-refractivity contribution is 6.23. The molecule has 1 N–H and O–H groups in total. The molecule has 0 aliphatic heterocycles. The van der Waals surface area contributed by atoms with Crippen LogP contribution in [0.15, 0.2) is 97.1 Å². The molecule has 0 radical (unpaired) electrons. The third-order valence-electron chi connectivity index (χ3n) is 7.81. The predicted molar refractivity (Wildman–Crippen MR) is 166 cm³/mol. The molecule has 3 nitrogen and oxygen atoms in total. The molecule has 0 aliphatic carbocycles. The molecule has 40 heavy (non-hydrogen) atoms. The Morgan fingerprint density at radius 1 is 0.675 bits per heavy atom. The quantitative estimate of drug-likeness (QED) is 0.144. The van der Waals surface area contributed by atoms with Gasteiger partial charge in [-0.05, 0) is 81.3 Å². The fraction of sp³-hybridized carbons (Fsp3) is 0.216. The Kier molecular flexibility index (Phi) is 7.48. The summed E-state index contributed by atoms with van der Waals surface area (Å²) < 4.78 is 5.59. The van der Waals surface area contributed by atoms with Crippen molar-refractivity contribution in [3.05, 3.63) is 130 Å². The van der Waals surface area contributed by atoms with Gasteiger partial charge in [-0.25, -0.2) is 0 Å². The Bertz CT molecular complexity index is 1750. The molecule has 0 aromatic heterocycles. The van der Waals surface area contributed by atoms with E-state index in [4.69, 9.17) is 4.74 Å². The van der Waals surface area contributed by atoms with E-state index in [0.717, 1.165) is 31.5 Å². The maximum Gasteiger partial charge on any atom is 0.306 e. The molecule has 0 atom stereocenters. The van der Waals surface area contributed by atoms with Gasteiger partial charge in [-0.15, -0.1) is 0 Å². The van der Waals surface area contributed by atoms with Gasteiger partial charge in [0.2, 0.25) is 0 Å². The molecule has 0 bridgehead atoms. The SMILES string of the molecule is Cc1cc(C)cc(CNCc2ccc(COC(=O)CCCc3ccc4ccc5cccc6ccc3c4c56)cc2)c1. The Labute approximate surface area is 236 Å². The number of nitrogens with one attached hydrogen (secondary N) is 1. The maximum atomic E-state index is 12.5. The molecule has 6 aromatic rings. The van der Waals surface area contributed by atoms with E-state index in [0.29, 0.717) is 13.0 Å². The molecular weight excluding hydrogens is 490 g/mol. The van der Waals surface area contributed by atoms with Crippen LogP contribution in [0, 0.1) is 13.8 Å². The second kappa shape index (κ2) is 11.5. The van der Waals surface area contributed by atoms with E-state index in [1.165, 1.54) is 60.1 Å². The van der Waals surface area contributed by atoms with Crippen molar-refractivity contribution in [2.24, 2.45) is 0 Å². The first-order chi connectivity index (χ1) is 19.5. The molecule has 0 spiro atoms. The van der Waals surface area contributed by atoms with Crippen LogP contribution in [-0.4, -0.2) is 5.97 Å². The second-order valence-electron chi connectivity index (χ2n) is 11.0. The maximum absolute atomic E-state index is 12.5. The topological polar surface area (TPSA) is 38.3 Å².